The van der Waals surface area contributed by atoms with Gasteiger partial charge in [-0.2, -0.15) is 0 Å². The second kappa shape index (κ2) is 13.4. The topological polar surface area (TPSA) is 52.6 Å². The highest BCUT2D eigenvalue weighted by Gasteiger charge is 2.21. The van der Waals surface area contributed by atoms with Crippen LogP contribution in [0.2, 0.25) is 0 Å². The minimum Gasteiger partial charge on any atom is -0.494 e. The number of unbranched alkanes of at least 4 members (excludes halogenated alkanes) is 5. The minimum absolute atomic E-state index is 0.137. The van der Waals surface area contributed by atoms with Gasteiger partial charge in [-0.3, -0.25) is 9.59 Å². The monoisotopic (exact) mass is 462 g/mol. The summed E-state index contributed by atoms with van der Waals surface area (Å²) in [5, 5.41) is 0. The summed E-state index contributed by atoms with van der Waals surface area (Å²) in [6.07, 6.45) is 14.3. The summed E-state index contributed by atoms with van der Waals surface area (Å²) < 4.78 is 11.4. The largest absolute Gasteiger partial charge is 0.494 e. The zero-order valence-electron chi connectivity index (χ0n) is 17.2. The summed E-state index contributed by atoms with van der Waals surface area (Å²) in [6.45, 7) is 0.687. The number of methoxy groups -OCH3 is 1. The number of ether oxygens (including phenoxy) is 2. The Hall–Kier alpha value is -1.88. The molecule has 0 saturated heterocycles. The van der Waals surface area contributed by atoms with Crippen LogP contribution >= 0.6 is 15.9 Å². The molecule has 5 heteroatoms. The first-order valence-corrected chi connectivity index (χ1v) is 11.3. The first-order valence-electron chi connectivity index (χ1n) is 10.5. The van der Waals surface area contributed by atoms with Crippen molar-refractivity contribution in [2.24, 2.45) is 5.92 Å². The van der Waals surface area contributed by atoms with E-state index < -0.39 is 0 Å². The normalized spacial score (nSPS) is 17.1. The second-order valence-corrected chi connectivity index (χ2v) is 8.23. The van der Waals surface area contributed by atoms with Gasteiger partial charge in [0.15, 0.2) is 5.78 Å². The van der Waals surface area contributed by atoms with E-state index in [1.54, 1.807) is 6.08 Å². The molecule has 1 aliphatic carbocycles. The Kier molecular flexibility index (Phi) is 10.8. The van der Waals surface area contributed by atoms with Crippen molar-refractivity contribution in [3.63, 3.8) is 0 Å². The van der Waals surface area contributed by atoms with Crippen LogP contribution in [0.4, 0.5) is 0 Å². The number of hydrogen-bond acceptors (Lipinski definition) is 4. The lowest BCUT2D eigenvalue weighted by Crippen LogP contribution is -2.04. The Morgan fingerprint density at radius 3 is 2.59 bits per heavy atom. The summed E-state index contributed by atoms with van der Waals surface area (Å²) >= 11 is 3.41. The minimum atomic E-state index is -0.137. The third-order valence-electron chi connectivity index (χ3n) is 5.08. The highest BCUT2D eigenvalue weighted by atomic mass is 79.9. The molecule has 29 heavy (non-hydrogen) atoms. The number of allylic oxidation sites excluding steroid dienone is 4. The molecule has 1 aliphatic rings. The number of carbonyl (C=O) groups is 2. The number of rotatable bonds is 13. The van der Waals surface area contributed by atoms with Gasteiger partial charge >= 0.3 is 5.97 Å². The molecule has 1 atom stereocenters. The van der Waals surface area contributed by atoms with Gasteiger partial charge in [-0.1, -0.05) is 47.3 Å². The number of carbonyl (C=O) groups excluding carboxylic acids is 2. The number of halogens is 1. The van der Waals surface area contributed by atoms with Crippen molar-refractivity contribution in [1.82, 2.24) is 0 Å². The maximum atomic E-state index is 12.1. The number of esters is 1. The lowest BCUT2D eigenvalue weighted by molar-refractivity contribution is -0.140. The average molecular weight is 463 g/mol. The van der Waals surface area contributed by atoms with Crippen molar-refractivity contribution >= 4 is 27.7 Å². The summed E-state index contributed by atoms with van der Waals surface area (Å²) in [5.41, 5.74) is 0.952. The standard InChI is InChI=1S/C24H31BrO4/c1-28-24(27)11-7-3-2-5-9-19-12-17-23(26)22(19)10-6-4-8-18-29-21-15-13-20(25)14-16-21/h10,12-17,19H,2-9,11,18H2,1H3/b22-10+/t19-/m1/s1. The molecule has 4 nitrogen and oxygen atoms in total. The van der Waals surface area contributed by atoms with E-state index in [2.05, 4.69) is 26.7 Å². The average Bonchev–Trinajstić information content (AvgIpc) is 3.07. The molecule has 0 fully saturated rings. The van der Waals surface area contributed by atoms with E-state index >= 15 is 0 Å². The lowest BCUT2D eigenvalue weighted by Gasteiger charge is -2.10. The van der Waals surface area contributed by atoms with E-state index in [-0.39, 0.29) is 17.7 Å². The zero-order valence-corrected chi connectivity index (χ0v) is 18.8. The molecule has 0 heterocycles. The molecule has 0 radical (unpaired) electrons. The summed E-state index contributed by atoms with van der Waals surface area (Å²) in [6, 6.07) is 7.85. The number of hydrogen-bond donors (Lipinski definition) is 0. The predicted molar refractivity (Wildman–Crippen MR) is 119 cm³/mol. The number of ketones is 1. The Labute approximate surface area is 182 Å². The molecule has 158 valence electrons. The highest BCUT2D eigenvalue weighted by Crippen LogP contribution is 2.28. The van der Waals surface area contributed by atoms with Crippen LogP contribution in [0.5, 0.6) is 5.75 Å². The van der Waals surface area contributed by atoms with Crippen LogP contribution in [0.25, 0.3) is 0 Å². The first kappa shape index (κ1) is 23.4. The molecular weight excluding hydrogens is 432 g/mol. The van der Waals surface area contributed by atoms with Crippen molar-refractivity contribution in [1.29, 1.82) is 0 Å². The van der Waals surface area contributed by atoms with Gasteiger partial charge in [0.2, 0.25) is 0 Å². The lowest BCUT2D eigenvalue weighted by atomic mass is 9.94. The van der Waals surface area contributed by atoms with Gasteiger partial charge in [0.25, 0.3) is 0 Å². The molecule has 0 bridgehead atoms. The Morgan fingerprint density at radius 1 is 1.07 bits per heavy atom. The van der Waals surface area contributed by atoms with E-state index in [4.69, 9.17) is 4.74 Å². The molecule has 0 saturated carbocycles. The molecule has 0 amide bonds. The third-order valence-corrected chi connectivity index (χ3v) is 5.61. The zero-order chi connectivity index (χ0) is 20.9. The van der Waals surface area contributed by atoms with Gasteiger partial charge in [0, 0.05) is 22.4 Å². The fourth-order valence-electron chi connectivity index (χ4n) is 3.40. The van der Waals surface area contributed by atoms with Crippen LogP contribution in [-0.2, 0) is 14.3 Å². The van der Waals surface area contributed by atoms with Gasteiger partial charge in [-0.15, -0.1) is 0 Å². The highest BCUT2D eigenvalue weighted by molar-refractivity contribution is 9.10. The smallest absolute Gasteiger partial charge is 0.305 e. The van der Waals surface area contributed by atoms with Crippen molar-refractivity contribution < 1.29 is 19.1 Å². The fraction of sp³-hybridized carbons (Fsp3) is 0.500. The van der Waals surface area contributed by atoms with Crippen LogP contribution in [0.15, 0.2) is 52.5 Å². The number of benzene rings is 1. The third kappa shape index (κ3) is 8.99. The van der Waals surface area contributed by atoms with Gasteiger partial charge < -0.3 is 9.47 Å². The van der Waals surface area contributed by atoms with Crippen molar-refractivity contribution in [3.05, 3.63) is 52.5 Å². The Bertz CT molecular complexity index is 706. The molecule has 1 aromatic carbocycles. The predicted octanol–water partition coefficient (Wildman–Crippen LogP) is 6.19. The van der Waals surface area contributed by atoms with E-state index in [1.807, 2.05) is 30.3 Å². The molecule has 0 spiro atoms. The van der Waals surface area contributed by atoms with Crippen molar-refractivity contribution in [2.75, 3.05) is 13.7 Å². The maximum Gasteiger partial charge on any atom is 0.305 e. The van der Waals surface area contributed by atoms with E-state index in [0.717, 1.165) is 67.2 Å². The van der Waals surface area contributed by atoms with Crippen molar-refractivity contribution in [3.8, 4) is 5.75 Å². The molecule has 0 aromatic heterocycles. The quantitative estimate of drug-likeness (QED) is 0.199. The summed E-state index contributed by atoms with van der Waals surface area (Å²) in [5.74, 6) is 1.16. The Morgan fingerprint density at radius 2 is 1.83 bits per heavy atom. The van der Waals surface area contributed by atoms with Crippen LogP contribution in [0.3, 0.4) is 0 Å². The van der Waals surface area contributed by atoms with Gasteiger partial charge in [-0.25, -0.2) is 0 Å². The molecule has 2 rings (SSSR count). The summed E-state index contributed by atoms with van der Waals surface area (Å²) in [7, 11) is 1.43. The molecular formula is C24H31BrO4. The SMILES string of the molecule is COC(=O)CCCCCC[C@@H]1C=CC(=O)/C1=C/CCCCOc1ccc(Br)cc1. The van der Waals surface area contributed by atoms with Crippen LogP contribution in [0.1, 0.15) is 57.8 Å². The summed E-state index contributed by atoms with van der Waals surface area (Å²) in [4.78, 5) is 23.2. The van der Waals surface area contributed by atoms with Crippen molar-refractivity contribution in [2.45, 2.75) is 57.8 Å². The van der Waals surface area contributed by atoms with E-state index in [9.17, 15) is 9.59 Å². The van der Waals surface area contributed by atoms with Crippen LogP contribution in [0, 0.1) is 5.92 Å². The van der Waals surface area contributed by atoms with E-state index in [1.165, 1.54) is 7.11 Å². The molecule has 0 aliphatic heterocycles. The van der Waals surface area contributed by atoms with Gasteiger partial charge in [0.1, 0.15) is 5.75 Å². The first-order chi connectivity index (χ1) is 14.1. The van der Waals surface area contributed by atoms with Gasteiger partial charge in [-0.05, 0) is 62.4 Å². The van der Waals surface area contributed by atoms with Crippen LogP contribution < -0.4 is 4.74 Å². The van der Waals surface area contributed by atoms with Gasteiger partial charge in [0.05, 0.1) is 13.7 Å². The fourth-order valence-corrected chi connectivity index (χ4v) is 3.67. The molecule has 0 N–H and O–H groups in total. The maximum absolute atomic E-state index is 12.1. The van der Waals surface area contributed by atoms with E-state index in [0.29, 0.717) is 13.0 Å². The molecule has 1 aromatic rings. The Balaban J connectivity index is 1.60. The molecule has 0 unspecified atom stereocenters. The van der Waals surface area contributed by atoms with Crippen LogP contribution in [-0.4, -0.2) is 25.5 Å². The second-order valence-electron chi connectivity index (χ2n) is 7.32.